The monoisotopic (exact) mass is 418 g/mol. The van der Waals surface area contributed by atoms with E-state index in [0.717, 1.165) is 32.1 Å². The van der Waals surface area contributed by atoms with Crippen LogP contribution in [0.3, 0.4) is 0 Å². The Labute approximate surface area is 180 Å². The van der Waals surface area contributed by atoms with Crippen LogP contribution in [0.4, 0.5) is 0 Å². The summed E-state index contributed by atoms with van der Waals surface area (Å²) in [5.41, 5.74) is -0.617. The lowest BCUT2D eigenvalue weighted by molar-refractivity contribution is -0.188. The highest BCUT2D eigenvalue weighted by Gasteiger charge is 2.63. The fraction of sp³-hybridized carbons (Fsp3) is 0.880. The Balaban J connectivity index is 1.56. The zero-order valence-corrected chi connectivity index (χ0v) is 19.3. The van der Waals surface area contributed by atoms with Gasteiger partial charge in [-0.05, 0) is 93.8 Å². The standard InChI is InChI=1S/C25H38O5/c1-15(26)25(30-17(3)28)13-12-23(4)18(14-25)6-7-19-20-8-9-22(29-16(2)27)24(20,5)11-10-21(19)23/h18-22H,6-14H2,1-5H3. The molecule has 5 heteroatoms. The number of ketones is 1. The molecule has 4 aliphatic rings. The fourth-order valence-electron chi connectivity index (χ4n) is 8.34. The molecule has 5 nitrogen and oxygen atoms in total. The van der Waals surface area contributed by atoms with Crippen LogP contribution in [-0.4, -0.2) is 29.4 Å². The summed E-state index contributed by atoms with van der Waals surface area (Å²) in [6.45, 7) is 9.31. The van der Waals surface area contributed by atoms with E-state index in [9.17, 15) is 14.4 Å². The summed E-state index contributed by atoms with van der Waals surface area (Å²) < 4.78 is 11.4. The number of hydrogen-bond acceptors (Lipinski definition) is 5. The van der Waals surface area contributed by atoms with E-state index in [0.29, 0.717) is 36.5 Å². The van der Waals surface area contributed by atoms with Gasteiger partial charge in [-0.3, -0.25) is 14.4 Å². The lowest BCUT2D eigenvalue weighted by atomic mass is 9.44. The van der Waals surface area contributed by atoms with Crippen molar-refractivity contribution in [3.05, 3.63) is 0 Å². The summed E-state index contributed by atoms with van der Waals surface area (Å²) >= 11 is 0. The van der Waals surface area contributed by atoms with Crippen molar-refractivity contribution in [3.63, 3.8) is 0 Å². The Morgan fingerprint density at radius 3 is 2.10 bits per heavy atom. The Morgan fingerprint density at radius 1 is 0.767 bits per heavy atom. The van der Waals surface area contributed by atoms with Gasteiger partial charge in [-0.1, -0.05) is 13.8 Å². The van der Waals surface area contributed by atoms with Gasteiger partial charge < -0.3 is 9.47 Å². The van der Waals surface area contributed by atoms with Crippen LogP contribution in [0, 0.1) is 34.5 Å². The molecule has 0 bridgehead atoms. The minimum atomic E-state index is -0.917. The Kier molecular flexibility index (Phi) is 5.34. The highest BCUT2D eigenvalue weighted by molar-refractivity contribution is 5.87. The SMILES string of the molecule is CC(=O)OC1CCC2C3CCC4CC(OC(C)=O)(C(C)=O)CCC4(C)C3CCC12C. The molecule has 0 aromatic carbocycles. The van der Waals surface area contributed by atoms with Gasteiger partial charge >= 0.3 is 11.9 Å². The van der Waals surface area contributed by atoms with E-state index in [4.69, 9.17) is 9.47 Å². The van der Waals surface area contributed by atoms with Gasteiger partial charge in [-0.25, -0.2) is 0 Å². The van der Waals surface area contributed by atoms with Crippen LogP contribution >= 0.6 is 0 Å². The zero-order valence-electron chi connectivity index (χ0n) is 19.3. The van der Waals surface area contributed by atoms with Crippen LogP contribution in [0.5, 0.6) is 0 Å². The topological polar surface area (TPSA) is 69.7 Å². The van der Waals surface area contributed by atoms with Gasteiger partial charge in [0.25, 0.3) is 0 Å². The third kappa shape index (κ3) is 3.22. The number of carbonyl (C=O) groups is 3. The summed E-state index contributed by atoms with van der Waals surface area (Å²) in [7, 11) is 0. The maximum absolute atomic E-state index is 12.5. The van der Waals surface area contributed by atoms with Gasteiger partial charge in [-0.2, -0.15) is 0 Å². The van der Waals surface area contributed by atoms with Crippen LogP contribution in [0.2, 0.25) is 0 Å². The Bertz CT molecular complexity index is 746. The highest BCUT2D eigenvalue weighted by Crippen LogP contribution is 2.67. The third-order valence-electron chi connectivity index (χ3n) is 9.91. The number of hydrogen-bond donors (Lipinski definition) is 0. The molecule has 0 spiro atoms. The van der Waals surface area contributed by atoms with Gasteiger partial charge in [0.2, 0.25) is 0 Å². The molecule has 0 heterocycles. The van der Waals surface area contributed by atoms with Crippen molar-refractivity contribution in [2.75, 3.05) is 0 Å². The van der Waals surface area contributed by atoms with Crippen molar-refractivity contribution >= 4 is 17.7 Å². The maximum Gasteiger partial charge on any atom is 0.303 e. The lowest BCUT2D eigenvalue weighted by Crippen LogP contribution is -2.58. The van der Waals surface area contributed by atoms with Gasteiger partial charge in [0, 0.05) is 19.3 Å². The predicted octanol–water partition coefficient (Wildman–Crippen LogP) is 4.85. The van der Waals surface area contributed by atoms with Crippen molar-refractivity contribution in [2.45, 2.75) is 104 Å². The molecule has 4 fully saturated rings. The van der Waals surface area contributed by atoms with Crippen LogP contribution in [0.25, 0.3) is 0 Å². The van der Waals surface area contributed by atoms with Crippen LogP contribution < -0.4 is 0 Å². The van der Waals surface area contributed by atoms with Crippen LogP contribution in [-0.2, 0) is 23.9 Å². The summed E-state index contributed by atoms with van der Waals surface area (Å²) in [6.07, 6.45) is 9.03. The quantitative estimate of drug-likeness (QED) is 0.613. The first kappa shape index (κ1) is 21.8. The molecule has 0 amide bonds. The average molecular weight is 419 g/mol. The predicted molar refractivity (Wildman–Crippen MR) is 112 cm³/mol. The van der Waals surface area contributed by atoms with Gasteiger partial charge in [0.05, 0.1) is 0 Å². The van der Waals surface area contributed by atoms with Crippen LogP contribution in [0.15, 0.2) is 0 Å². The van der Waals surface area contributed by atoms with E-state index in [2.05, 4.69) is 13.8 Å². The first-order valence-corrected chi connectivity index (χ1v) is 11.9. The molecule has 4 rings (SSSR count). The second-order valence-electron chi connectivity index (χ2n) is 11.2. The van der Waals surface area contributed by atoms with E-state index in [-0.39, 0.29) is 34.7 Å². The van der Waals surface area contributed by atoms with Gasteiger partial charge in [0.15, 0.2) is 11.4 Å². The molecule has 4 saturated carbocycles. The minimum absolute atomic E-state index is 0.00175. The summed E-state index contributed by atoms with van der Waals surface area (Å²) in [5, 5.41) is 0. The molecule has 168 valence electrons. The third-order valence-corrected chi connectivity index (χ3v) is 9.91. The largest absolute Gasteiger partial charge is 0.462 e. The number of rotatable bonds is 3. The number of carbonyl (C=O) groups excluding carboxylic acids is 3. The number of Topliss-reactive ketones (excluding diaryl/α,β-unsaturated/α-hetero) is 1. The van der Waals surface area contributed by atoms with E-state index < -0.39 is 5.60 Å². The maximum atomic E-state index is 12.5. The molecule has 0 aliphatic heterocycles. The van der Waals surface area contributed by atoms with Crippen molar-refractivity contribution in [1.29, 1.82) is 0 Å². The van der Waals surface area contributed by atoms with E-state index in [1.54, 1.807) is 6.92 Å². The summed E-state index contributed by atoms with van der Waals surface area (Å²) in [4.78, 5) is 35.9. The zero-order chi connectivity index (χ0) is 21.9. The second kappa shape index (κ2) is 7.34. The number of fused-ring (bicyclic) bond motifs is 5. The summed E-state index contributed by atoms with van der Waals surface area (Å²) in [6, 6.07) is 0. The minimum Gasteiger partial charge on any atom is -0.462 e. The second-order valence-corrected chi connectivity index (χ2v) is 11.2. The van der Waals surface area contributed by atoms with Gasteiger partial charge in [0.1, 0.15) is 6.10 Å². The van der Waals surface area contributed by atoms with Crippen molar-refractivity contribution in [2.24, 2.45) is 34.5 Å². The molecule has 8 atom stereocenters. The van der Waals surface area contributed by atoms with Crippen molar-refractivity contribution in [3.8, 4) is 0 Å². The molecule has 0 N–H and O–H groups in total. The number of esters is 2. The molecule has 0 saturated heterocycles. The number of ether oxygens (including phenoxy) is 2. The molecule has 0 aromatic rings. The van der Waals surface area contributed by atoms with E-state index in [1.165, 1.54) is 26.7 Å². The van der Waals surface area contributed by atoms with E-state index >= 15 is 0 Å². The van der Waals surface area contributed by atoms with E-state index in [1.807, 2.05) is 0 Å². The molecule has 8 unspecified atom stereocenters. The summed E-state index contributed by atoms with van der Waals surface area (Å²) in [5.74, 6) is 1.85. The molecular weight excluding hydrogens is 380 g/mol. The Morgan fingerprint density at radius 2 is 1.47 bits per heavy atom. The highest BCUT2D eigenvalue weighted by atomic mass is 16.6. The first-order chi connectivity index (χ1) is 14.0. The Hall–Kier alpha value is -1.39. The first-order valence-electron chi connectivity index (χ1n) is 11.9. The van der Waals surface area contributed by atoms with Crippen LogP contribution in [0.1, 0.15) is 92.4 Å². The van der Waals surface area contributed by atoms with Gasteiger partial charge in [-0.15, -0.1) is 0 Å². The molecule has 30 heavy (non-hydrogen) atoms. The molecule has 4 aliphatic carbocycles. The normalized spacial score (nSPS) is 47.4. The molecule has 0 aromatic heterocycles. The smallest absolute Gasteiger partial charge is 0.303 e. The lowest BCUT2D eigenvalue weighted by Gasteiger charge is -2.61. The average Bonchev–Trinajstić information content (AvgIpc) is 2.97. The molecular formula is C25H38O5. The van der Waals surface area contributed by atoms with Crippen molar-refractivity contribution in [1.82, 2.24) is 0 Å². The fourth-order valence-corrected chi connectivity index (χ4v) is 8.34. The van der Waals surface area contributed by atoms with Crippen molar-refractivity contribution < 1.29 is 23.9 Å². The molecule has 0 radical (unpaired) electrons.